The van der Waals surface area contributed by atoms with Crippen LogP contribution in [0.4, 0.5) is 14.7 Å². The molecule has 3 heterocycles. The maximum absolute atomic E-state index is 14.6. The fraction of sp³-hybridized carbons (Fsp3) is 0.320. The van der Waals surface area contributed by atoms with Crippen molar-refractivity contribution in [2.45, 2.75) is 44.3 Å². The number of aromatic amines is 1. The molecule has 4 aromatic rings. The predicted molar refractivity (Wildman–Crippen MR) is 141 cm³/mol. The molecule has 1 aliphatic heterocycles. The molecular formula is C25H26F2N5O8P. The fourth-order valence-corrected chi connectivity index (χ4v) is 5.49. The van der Waals surface area contributed by atoms with Gasteiger partial charge in [-0.2, -0.15) is 4.98 Å². The number of nitrogens with one attached hydrogen (secondary N) is 1. The largest absolute Gasteiger partial charge is 0.587 e. The Bertz CT molecular complexity index is 1600. The van der Waals surface area contributed by atoms with Gasteiger partial charge in [-0.25, -0.2) is 18.3 Å². The quantitative estimate of drug-likeness (QED) is 0.209. The highest BCUT2D eigenvalue weighted by molar-refractivity contribution is 7.49. The van der Waals surface area contributed by atoms with Crippen molar-refractivity contribution in [3.63, 3.8) is 0 Å². The van der Waals surface area contributed by atoms with Crippen molar-refractivity contribution in [3.8, 4) is 11.5 Å². The predicted octanol–water partition coefficient (Wildman–Crippen LogP) is 2.86. The van der Waals surface area contributed by atoms with Crippen LogP contribution in [0.15, 0.2) is 59.7 Å². The number of aliphatic hydroxyl groups excluding tert-OH is 2. The Kier molecular flexibility index (Phi) is 7.57. The zero-order valence-electron chi connectivity index (χ0n) is 21.7. The highest BCUT2D eigenvalue weighted by atomic mass is 31.2. The number of nitrogen functional groups attached to an aromatic ring is 1. The summed E-state index contributed by atoms with van der Waals surface area (Å²) in [7, 11) is -4.71. The molecule has 0 radical (unpaired) electrons. The molecular weight excluding hydrogens is 567 g/mol. The normalized spacial score (nSPS) is 22.9. The number of hydrogen-bond acceptors (Lipinski definition) is 11. The van der Waals surface area contributed by atoms with Crippen LogP contribution in [0.1, 0.15) is 17.4 Å². The lowest BCUT2D eigenvalue weighted by molar-refractivity contribution is -0.192. The van der Waals surface area contributed by atoms with Crippen molar-refractivity contribution < 1.29 is 41.9 Å². The number of nitrogens with two attached hydrogens (primary N) is 1. The lowest BCUT2D eigenvalue weighted by atomic mass is 9.96. The van der Waals surface area contributed by atoms with Gasteiger partial charge in [-0.3, -0.25) is 18.9 Å². The third-order valence-corrected chi connectivity index (χ3v) is 7.79. The molecule has 0 amide bonds. The summed E-state index contributed by atoms with van der Waals surface area (Å²) in [5, 5.41) is 21.6. The van der Waals surface area contributed by atoms with Crippen molar-refractivity contribution >= 4 is 24.9 Å². The molecule has 41 heavy (non-hydrogen) atoms. The van der Waals surface area contributed by atoms with Gasteiger partial charge >= 0.3 is 7.82 Å². The highest BCUT2D eigenvalue weighted by Crippen LogP contribution is 2.52. The van der Waals surface area contributed by atoms with E-state index in [1.165, 1.54) is 24.3 Å². The van der Waals surface area contributed by atoms with E-state index in [1.54, 1.807) is 24.3 Å². The van der Waals surface area contributed by atoms with E-state index in [4.69, 9.17) is 24.0 Å². The van der Waals surface area contributed by atoms with Crippen LogP contribution in [-0.2, 0) is 13.8 Å². The molecule has 0 unspecified atom stereocenters. The summed E-state index contributed by atoms with van der Waals surface area (Å²) in [6.07, 6.45) is -8.42. The highest BCUT2D eigenvalue weighted by Gasteiger charge is 2.62. The van der Waals surface area contributed by atoms with E-state index in [0.717, 1.165) is 22.0 Å². The number of imidazole rings is 1. The Morgan fingerprint density at radius 2 is 1.66 bits per heavy atom. The summed E-state index contributed by atoms with van der Waals surface area (Å²) in [5.74, 6) is -0.188. The van der Waals surface area contributed by atoms with Crippen LogP contribution in [0, 0.1) is 13.8 Å². The van der Waals surface area contributed by atoms with Gasteiger partial charge in [0.05, 0.1) is 12.9 Å². The number of alkyl halides is 2. The smallest absolute Gasteiger partial charge is 0.395 e. The first kappa shape index (κ1) is 28.6. The third kappa shape index (κ3) is 5.54. The molecule has 2 aromatic heterocycles. The summed E-state index contributed by atoms with van der Waals surface area (Å²) < 4.78 is 66.0. The SMILES string of the molecule is Cc1ccc(OP(=O)(OC[C@@]2(C(F)F)O[C@@H](n3cnc4c(=O)[nH]c(N)nc43)[C@H](O)[C@H]2O)Oc2ccc(C)cc2)cc1. The van der Waals surface area contributed by atoms with Crippen LogP contribution < -0.4 is 20.3 Å². The molecule has 0 spiro atoms. The van der Waals surface area contributed by atoms with E-state index in [1.807, 2.05) is 13.8 Å². The summed E-state index contributed by atoms with van der Waals surface area (Å²) >= 11 is 0. The van der Waals surface area contributed by atoms with Crippen LogP contribution >= 0.6 is 7.82 Å². The number of halogens is 2. The zero-order valence-corrected chi connectivity index (χ0v) is 22.6. The second-order valence-electron chi connectivity index (χ2n) is 9.50. The van der Waals surface area contributed by atoms with E-state index >= 15 is 0 Å². The van der Waals surface area contributed by atoms with Gasteiger partial charge in [0, 0.05) is 0 Å². The van der Waals surface area contributed by atoms with Gasteiger partial charge in [0.25, 0.3) is 12.0 Å². The number of nitrogens with zero attached hydrogens (tertiary/aromatic N) is 3. The first-order valence-electron chi connectivity index (χ1n) is 12.2. The first-order chi connectivity index (χ1) is 19.4. The average Bonchev–Trinajstić information content (AvgIpc) is 3.45. The van der Waals surface area contributed by atoms with Crippen molar-refractivity contribution in [3.05, 3.63) is 76.3 Å². The summed E-state index contributed by atoms with van der Waals surface area (Å²) in [6, 6.07) is 12.6. The number of benzene rings is 2. The Labute approximate surface area is 231 Å². The second kappa shape index (κ2) is 10.8. The average molecular weight is 593 g/mol. The summed E-state index contributed by atoms with van der Waals surface area (Å²) in [4.78, 5) is 22.2. The number of ether oxygens (including phenoxy) is 1. The van der Waals surface area contributed by atoms with Gasteiger partial charge < -0.3 is 29.7 Å². The van der Waals surface area contributed by atoms with Gasteiger partial charge in [-0.1, -0.05) is 35.4 Å². The molecule has 218 valence electrons. The molecule has 4 atom stereocenters. The molecule has 1 fully saturated rings. The summed E-state index contributed by atoms with van der Waals surface area (Å²) in [5.41, 5.74) is 3.30. The van der Waals surface area contributed by atoms with Crippen LogP contribution in [-0.4, -0.2) is 60.6 Å². The minimum absolute atomic E-state index is 0.0571. The Hall–Kier alpha value is -3.88. The van der Waals surface area contributed by atoms with Crippen LogP contribution in [0.25, 0.3) is 11.2 Å². The van der Waals surface area contributed by atoms with Gasteiger partial charge in [-0.05, 0) is 38.1 Å². The number of phosphoric ester groups is 1. The van der Waals surface area contributed by atoms with Crippen molar-refractivity contribution in [1.29, 1.82) is 0 Å². The molecule has 5 N–H and O–H groups in total. The number of aryl methyl sites for hydroxylation is 2. The Morgan fingerprint density at radius 3 is 2.20 bits per heavy atom. The number of fused-ring (bicyclic) bond motifs is 1. The molecule has 13 nitrogen and oxygen atoms in total. The molecule has 2 aromatic carbocycles. The fourth-order valence-electron chi connectivity index (χ4n) is 4.23. The monoisotopic (exact) mass is 593 g/mol. The van der Waals surface area contributed by atoms with Gasteiger partial charge in [0.1, 0.15) is 23.7 Å². The Morgan fingerprint density at radius 1 is 1.10 bits per heavy atom. The first-order valence-corrected chi connectivity index (χ1v) is 13.7. The number of rotatable bonds is 9. The molecule has 0 bridgehead atoms. The molecule has 1 saturated heterocycles. The molecule has 0 saturated carbocycles. The molecule has 0 aliphatic carbocycles. The minimum Gasteiger partial charge on any atom is -0.395 e. The van der Waals surface area contributed by atoms with E-state index in [0.29, 0.717) is 0 Å². The standard InChI is InChI=1S/C25H26F2N5O8P/c1-13-3-7-15(8-4-13)39-41(36,40-16-9-5-14(2)6-10-16)37-11-25(23(26)27)19(34)18(33)22(38-25)32-12-29-17-20(32)30-24(28)31-21(17)35/h3-10,12,18-19,22-23,33-34H,11H2,1-2H3,(H3,28,30,31,35)/t18-,19-,22-,25-/m1/s1. The molecule has 5 rings (SSSR count). The van der Waals surface area contributed by atoms with E-state index < -0.39 is 50.5 Å². The van der Waals surface area contributed by atoms with Gasteiger partial charge in [0.15, 0.2) is 23.0 Å². The maximum atomic E-state index is 14.6. The van der Waals surface area contributed by atoms with E-state index in [2.05, 4.69) is 15.0 Å². The minimum atomic E-state index is -4.71. The number of H-pyrrole nitrogens is 1. The van der Waals surface area contributed by atoms with Crippen molar-refractivity contribution in [2.24, 2.45) is 0 Å². The van der Waals surface area contributed by atoms with E-state index in [9.17, 15) is 28.4 Å². The number of aromatic nitrogens is 4. The zero-order chi connectivity index (χ0) is 29.5. The lowest BCUT2D eigenvalue weighted by Gasteiger charge is -2.31. The molecule has 16 heteroatoms. The van der Waals surface area contributed by atoms with Gasteiger partial charge in [-0.15, -0.1) is 0 Å². The number of anilines is 1. The van der Waals surface area contributed by atoms with Crippen molar-refractivity contribution in [1.82, 2.24) is 19.5 Å². The van der Waals surface area contributed by atoms with Crippen LogP contribution in [0.2, 0.25) is 0 Å². The summed E-state index contributed by atoms with van der Waals surface area (Å²) in [6.45, 7) is 2.40. The lowest BCUT2D eigenvalue weighted by Crippen LogP contribution is -2.52. The number of phosphoric acid groups is 1. The molecule has 1 aliphatic rings. The van der Waals surface area contributed by atoms with Crippen LogP contribution in [0.3, 0.4) is 0 Å². The van der Waals surface area contributed by atoms with Crippen LogP contribution in [0.5, 0.6) is 11.5 Å². The van der Waals surface area contributed by atoms with Crippen molar-refractivity contribution in [2.75, 3.05) is 12.3 Å². The second-order valence-corrected chi connectivity index (χ2v) is 11.0. The topological polar surface area (TPSA) is 184 Å². The Balaban J connectivity index is 1.46. The number of hydrogen-bond donors (Lipinski definition) is 4. The maximum Gasteiger partial charge on any atom is 0.587 e. The van der Waals surface area contributed by atoms with Gasteiger partial charge in [0.2, 0.25) is 5.95 Å². The number of aliphatic hydroxyl groups is 2. The van der Waals surface area contributed by atoms with E-state index in [-0.39, 0.29) is 28.6 Å². The third-order valence-electron chi connectivity index (χ3n) is 6.48.